The van der Waals surface area contributed by atoms with E-state index >= 15 is 0 Å². The third-order valence-corrected chi connectivity index (χ3v) is 3.06. The van der Waals surface area contributed by atoms with Crippen molar-refractivity contribution in [2.45, 2.75) is 33.7 Å². The second-order valence-electron chi connectivity index (χ2n) is 5.56. The van der Waals surface area contributed by atoms with Crippen molar-refractivity contribution in [3.05, 3.63) is 22.7 Å². The lowest BCUT2D eigenvalue weighted by atomic mass is 10.1. The van der Waals surface area contributed by atoms with Crippen LogP contribution >= 0.6 is 0 Å². The topological polar surface area (TPSA) is 75.3 Å². The fourth-order valence-electron chi connectivity index (χ4n) is 2.23. The summed E-state index contributed by atoms with van der Waals surface area (Å²) in [6.07, 6.45) is 0. The Kier molecular flexibility index (Phi) is 3.55. The van der Waals surface area contributed by atoms with E-state index in [2.05, 4.69) is 37.6 Å². The van der Waals surface area contributed by atoms with Gasteiger partial charge in [-0.3, -0.25) is 4.98 Å². The number of benzene rings is 1. The highest BCUT2D eigenvalue weighted by molar-refractivity contribution is 5.85. The molecule has 5 nitrogen and oxygen atoms in total. The van der Waals surface area contributed by atoms with Crippen LogP contribution in [0.15, 0.2) is 21.3 Å². The standard InChI is InChI=1S/C14H21N3O2/c1-8(2)7-17(9(3)4)12-6-11-13(5-10(12)15)19-14(18)16-11/h5-6,8-9H,7,15H2,1-4H3,(H,16,18). The van der Waals surface area contributed by atoms with Gasteiger partial charge in [0, 0.05) is 18.7 Å². The van der Waals surface area contributed by atoms with Gasteiger partial charge in [0.2, 0.25) is 0 Å². The minimum atomic E-state index is -0.452. The van der Waals surface area contributed by atoms with Crippen molar-refractivity contribution in [3.8, 4) is 0 Å². The highest BCUT2D eigenvalue weighted by Gasteiger charge is 2.17. The average Bonchev–Trinajstić information content (AvgIpc) is 2.63. The molecular weight excluding hydrogens is 242 g/mol. The largest absolute Gasteiger partial charge is 0.417 e. The van der Waals surface area contributed by atoms with Crippen molar-refractivity contribution < 1.29 is 4.42 Å². The van der Waals surface area contributed by atoms with Crippen molar-refractivity contribution >= 4 is 22.5 Å². The van der Waals surface area contributed by atoms with Crippen LogP contribution in [0.3, 0.4) is 0 Å². The van der Waals surface area contributed by atoms with Crippen LogP contribution in [0.4, 0.5) is 11.4 Å². The zero-order valence-electron chi connectivity index (χ0n) is 11.9. The molecule has 104 valence electrons. The second kappa shape index (κ2) is 4.99. The number of nitrogens with two attached hydrogens (primary N) is 1. The summed E-state index contributed by atoms with van der Waals surface area (Å²) in [5, 5.41) is 0. The lowest BCUT2D eigenvalue weighted by Crippen LogP contribution is -2.34. The fraction of sp³-hybridized carbons (Fsp3) is 0.500. The summed E-state index contributed by atoms with van der Waals surface area (Å²) in [5.41, 5.74) is 8.84. The third kappa shape index (κ3) is 2.75. The molecule has 1 heterocycles. The molecule has 1 aromatic carbocycles. The molecule has 0 aliphatic carbocycles. The molecule has 3 N–H and O–H groups in total. The first-order chi connectivity index (χ1) is 8.88. The van der Waals surface area contributed by atoms with Gasteiger partial charge >= 0.3 is 5.76 Å². The summed E-state index contributed by atoms with van der Waals surface area (Å²) in [6.45, 7) is 9.51. The number of anilines is 2. The molecule has 0 aliphatic rings. The predicted molar refractivity (Wildman–Crippen MR) is 78.6 cm³/mol. The molecule has 2 rings (SSSR count). The SMILES string of the molecule is CC(C)CN(c1cc2[nH]c(=O)oc2cc1N)C(C)C. The lowest BCUT2D eigenvalue weighted by molar-refractivity contribution is 0.555. The quantitative estimate of drug-likeness (QED) is 0.831. The van der Waals surface area contributed by atoms with Crippen LogP contribution in [0.25, 0.3) is 11.1 Å². The molecule has 0 saturated heterocycles. The lowest BCUT2D eigenvalue weighted by Gasteiger charge is -2.31. The van der Waals surface area contributed by atoms with Gasteiger partial charge in [0.1, 0.15) is 0 Å². The molecule has 0 radical (unpaired) electrons. The number of oxazole rings is 1. The first kappa shape index (κ1) is 13.5. The number of nitrogens with zero attached hydrogens (tertiary/aromatic N) is 1. The van der Waals surface area contributed by atoms with Crippen molar-refractivity contribution in [2.24, 2.45) is 5.92 Å². The maximum Gasteiger partial charge on any atom is 0.417 e. The summed E-state index contributed by atoms with van der Waals surface area (Å²) in [5.74, 6) is 0.0763. The zero-order chi connectivity index (χ0) is 14.2. The average molecular weight is 263 g/mol. The van der Waals surface area contributed by atoms with Crippen LogP contribution in [0.5, 0.6) is 0 Å². The summed E-state index contributed by atoms with van der Waals surface area (Å²) in [6, 6.07) is 3.93. The van der Waals surface area contributed by atoms with Gasteiger partial charge in [-0.1, -0.05) is 13.8 Å². The predicted octanol–water partition coefficient (Wildman–Crippen LogP) is 2.57. The molecule has 0 spiro atoms. The number of rotatable bonds is 4. The van der Waals surface area contributed by atoms with E-state index in [1.165, 1.54) is 0 Å². The van der Waals surface area contributed by atoms with Gasteiger partial charge in [-0.2, -0.15) is 0 Å². The maximum absolute atomic E-state index is 11.2. The first-order valence-corrected chi connectivity index (χ1v) is 6.57. The normalized spacial score (nSPS) is 11.7. The summed E-state index contributed by atoms with van der Waals surface area (Å²) in [4.78, 5) is 16.1. The Morgan fingerprint density at radius 3 is 2.58 bits per heavy atom. The Balaban J connectivity index is 2.51. The van der Waals surface area contributed by atoms with E-state index in [4.69, 9.17) is 10.2 Å². The second-order valence-corrected chi connectivity index (χ2v) is 5.56. The highest BCUT2D eigenvalue weighted by Crippen LogP contribution is 2.29. The smallest absolute Gasteiger partial charge is 0.408 e. The Bertz CT molecular complexity index is 625. The number of nitrogens with one attached hydrogen (secondary N) is 1. The van der Waals surface area contributed by atoms with Gasteiger partial charge in [-0.25, -0.2) is 4.79 Å². The first-order valence-electron chi connectivity index (χ1n) is 6.57. The molecule has 0 amide bonds. The number of hydrogen-bond acceptors (Lipinski definition) is 4. The van der Waals surface area contributed by atoms with Gasteiger partial charge < -0.3 is 15.1 Å². The molecule has 0 unspecified atom stereocenters. The summed E-state index contributed by atoms with van der Waals surface area (Å²) < 4.78 is 5.02. The number of H-pyrrole nitrogens is 1. The van der Waals surface area contributed by atoms with E-state index in [0.717, 1.165) is 12.2 Å². The van der Waals surface area contributed by atoms with Gasteiger partial charge in [0.15, 0.2) is 5.58 Å². The van der Waals surface area contributed by atoms with E-state index in [-0.39, 0.29) is 0 Å². The number of nitrogen functional groups attached to an aromatic ring is 1. The molecule has 0 bridgehead atoms. The van der Waals surface area contributed by atoms with Crippen LogP contribution in [0.1, 0.15) is 27.7 Å². The van der Waals surface area contributed by atoms with E-state index in [1.54, 1.807) is 6.07 Å². The third-order valence-electron chi connectivity index (χ3n) is 3.06. The van der Waals surface area contributed by atoms with Crippen LogP contribution in [-0.4, -0.2) is 17.6 Å². The van der Waals surface area contributed by atoms with E-state index in [0.29, 0.717) is 28.7 Å². The minimum Gasteiger partial charge on any atom is -0.408 e. The highest BCUT2D eigenvalue weighted by atomic mass is 16.4. The van der Waals surface area contributed by atoms with Crippen LogP contribution in [0, 0.1) is 5.92 Å². The van der Waals surface area contributed by atoms with Crippen molar-refractivity contribution in [3.63, 3.8) is 0 Å². The Hall–Kier alpha value is -1.91. The van der Waals surface area contributed by atoms with Crippen LogP contribution < -0.4 is 16.4 Å². The van der Waals surface area contributed by atoms with Crippen molar-refractivity contribution in [1.29, 1.82) is 0 Å². The Labute approximate surface area is 112 Å². The molecule has 2 aromatic rings. The number of aromatic amines is 1. The minimum absolute atomic E-state index is 0.334. The summed E-state index contributed by atoms with van der Waals surface area (Å²) in [7, 11) is 0. The van der Waals surface area contributed by atoms with E-state index in [9.17, 15) is 4.79 Å². The van der Waals surface area contributed by atoms with Gasteiger partial charge in [0.25, 0.3) is 0 Å². The number of aromatic nitrogens is 1. The molecular formula is C14H21N3O2. The molecule has 1 aromatic heterocycles. The van der Waals surface area contributed by atoms with Crippen molar-refractivity contribution in [1.82, 2.24) is 4.98 Å². The molecule has 0 saturated carbocycles. The van der Waals surface area contributed by atoms with E-state index in [1.807, 2.05) is 6.07 Å². The van der Waals surface area contributed by atoms with Crippen LogP contribution in [0.2, 0.25) is 0 Å². The molecule has 19 heavy (non-hydrogen) atoms. The Morgan fingerprint density at radius 2 is 2.00 bits per heavy atom. The molecule has 0 fully saturated rings. The number of hydrogen-bond donors (Lipinski definition) is 2. The molecule has 0 aliphatic heterocycles. The van der Waals surface area contributed by atoms with Gasteiger partial charge in [-0.05, 0) is 25.8 Å². The van der Waals surface area contributed by atoms with Crippen LogP contribution in [-0.2, 0) is 0 Å². The molecule has 5 heteroatoms. The van der Waals surface area contributed by atoms with E-state index < -0.39 is 5.76 Å². The van der Waals surface area contributed by atoms with Gasteiger partial charge in [-0.15, -0.1) is 0 Å². The number of fused-ring (bicyclic) bond motifs is 1. The van der Waals surface area contributed by atoms with Crippen molar-refractivity contribution in [2.75, 3.05) is 17.2 Å². The molecule has 0 atom stereocenters. The summed E-state index contributed by atoms with van der Waals surface area (Å²) >= 11 is 0. The maximum atomic E-state index is 11.2. The monoisotopic (exact) mass is 263 g/mol. The fourth-order valence-corrected chi connectivity index (χ4v) is 2.23. The van der Waals surface area contributed by atoms with Gasteiger partial charge in [0.05, 0.1) is 16.9 Å². The zero-order valence-corrected chi connectivity index (χ0v) is 11.9. The Morgan fingerprint density at radius 1 is 1.32 bits per heavy atom.